The van der Waals surface area contributed by atoms with Gasteiger partial charge in [-0.2, -0.15) is 4.68 Å². The molecule has 0 atom stereocenters. The summed E-state index contributed by atoms with van der Waals surface area (Å²) in [6.45, 7) is 0. The summed E-state index contributed by atoms with van der Waals surface area (Å²) in [7, 11) is 0. The molecule has 0 radical (unpaired) electrons. The van der Waals surface area contributed by atoms with E-state index in [0.717, 1.165) is 11.3 Å². The molecule has 0 fully saturated rings. The maximum atomic E-state index is 10.0. The topological polar surface area (TPSA) is 76.7 Å². The van der Waals surface area contributed by atoms with Crippen LogP contribution in [0.15, 0.2) is 73.1 Å². The molecular weight excluding hydrogens is 302 g/mol. The molecule has 0 saturated carbocycles. The Morgan fingerprint density at radius 2 is 1.67 bits per heavy atom. The molecule has 0 aliphatic heterocycles. The first-order valence-electron chi connectivity index (χ1n) is 7.41. The van der Waals surface area contributed by atoms with Crippen molar-refractivity contribution < 1.29 is 5.11 Å². The van der Waals surface area contributed by atoms with Crippen LogP contribution in [0.3, 0.4) is 0 Å². The van der Waals surface area contributed by atoms with Crippen LogP contribution in [0.4, 0.5) is 0 Å². The lowest BCUT2D eigenvalue weighted by atomic mass is 10.2. The Kier molecular flexibility index (Phi) is 3.47. The number of phenolic OH excluding ortho intramolecular Hbond substituents is 1. The van der Waals surface area contributed by atoms with Crippen LogP contribution in [0, 0.1) is 0 Å². The molecule has 116 valence electrons. The van der Waals surface area contributed by atoms with Gasteiger partial charge in [-0.1, -0.05) is 47.7 Å². The van der Waals surface area contributed by atoms with Gasteiger partial charge >= 0.3 is 0 Å². The summed E-state index contributed by atoms with van der Waals surface area (Å²) >= 11 is 0. The minimum absolute atomic E-state index is 0.136. The SMILES string of the molecule is Oc1ccccc1-c1nccc(-n2nncc2-c2ccccc2)n1. The van der Waals surface area contributed by atoms with Gasteiger partial charge in [0.05, 0.1) is 17.5 Å². The fourth-order valence-corrected chi connectivity index (χ4v) is 2.47. The minimum atomic E-state index is 0.136. The van der Waals surface area contributed by atoms with E-state index in [1.54, 1.807) is 41.3 Å². The number of aromatic nitrogens is 5. The second-order valence-corrected chi connectivity index (χ2v) is 5.15. The summed E-state index contributed by atoms with van der Waals surface area (Å²) < 4.78 is 1.65. The van der Waals surface area contributed by atoms with Crippen LogP contribution in [0.5, 0.6) is 5.75 Å². The van der Waals surface area contributed by atoms with Gasteiger partial charge in [-0.25, -0.2) is 9.97 Å². The number of hydrogen-bond acceptors (Lipinski definition) is 5. The fraction of sp³-hybridized carbons (Fsp3) is 0. The predicted octanol–water partition coefficient (Wildman–Crippen LogP) is 3.10. The Balaban J connectivity index is 1.81. The van der Waals surface area contributed by atoms with Gasteiger partial charge in [-0.3, -0.25) is 0 Å². The molecule has 0 spiro atoms. The lowest BCUT2D eigenvalue weighted by Gasteiger charge is -2.07. The highest BCUT2D eigenvalue weighted by Crippen LogP contribution is 2.26. The standard InChI is InChI=1S/C18H13N5O/c24-16-9-5-4-8-14(16)18-19-11-10-17(21-18)23-15(12-20-22-23)13-6-2-1-3-7-13/h1-12,24H. The van der Waals surface area contributed by atoms with E-state index in [4.69, 9.17) is 0 Å². The van der Waals surface area contributed by atoms with Crippen molar-refractivity contribution in [2.24, 2.45) is 0 Å². The van der Waals surface area contributed by atoms with Crippen molar-refractivity contribution in [3.05, 3.63) is 73.1 Å². The average Bonchev–Trinajstić information content (AvgIpc) is 3.13. The zero-order valence-electron chi connectivity index (χ0n) is 12.6. The summed E-state index contributed by atoms with van der Waals surface area (Å²) in [5.74, 6) is 1.15. The first-order valence-corrected chi connectivity index (χ1v) is 7.41. The number of para-hydroxylation sites is 1. The average molecular weight is 315 g/mol. The van der Waals surface area contributed by atoms with E-state index in [9.17, 15) is 5.11 Å². The zero-order chi connectivity index (χ0) is 16.4. The number of phenols is 1. The van der Waals surface area contributed by atoms with Crippen molar-refractivity contribution in [3.8, 4) is 34.2 Å². The van der Waals surface area contributed by atoms with Crippen LogP contribution in [0.1, 0.15) is 0 Å². The van der Waals surface area contributed by atoms with Crippen LogP contribution in [-0.2, 0) is 0 Å². The maximum absolute atomic E-state index is 10.0. The molecule has 0 saturated heterocycles. The van der Waals surface area contributed by atoms with Crippen LogP contribution in [-0.4, -0.2) is 30.1 Å². The van der Waals surface area contributed by atoms with Gasteiger partial charge in [0.2, 0.25) is 0 Å². The van der Waals surface area contributed by atoms with E-state index < -0.39 is 0 Å². The van der Waals surface area contributed by atoms with Gasteiger partial charge < -0.3 is 5.11 Å². The summed E-state index contributed by atoms with van der Waals surface area (Å²) in [6.07, 6.45) is 3.33. The van der Waals surface area contributed by atoms with E-state index in [-0.39, 0.29) is 5.75 Å². The Bertz CT molecular complexity index is 981. The highest BCUT2D eigenvalue weighted by atomic mass is 16.3. The van der Waals surface area contributed by atoms with Crippen LogP contribution >= 0.6 is 0 Å². The van der Waals surface area contributed by atoms with E-state index >= 15 is 0 Å². The quantitative estimate of drug-likeness (QED) is 0.628. The summed E-state index contributed by atoms with van der Waals surface area (Å²) in [4.78, 5) is 8.77. The summed E-state index contributed by atoms with van der Waals surface area (Å²) in [6, 6.07) is 18.6. The summed E-state index contributed by atoms with van der Waals surface area (Å²) in [5, 5.41) is 18.1. The first-order chi connectivity index (χ1) is 11.8. The van der Waals surface area contributed by atoms with Gasteiger partial charge in [0, 0.05) is 17.8 Å². The van der Waals surface area contributed by atoms with Crippen molar-refractivity contribution in [2.75, 3.05) is 0 Å². The molecule has 1 N–H and O–H groups in total. The molecule has 0 amide bonds. The molecule has 0 bridgehead atoms. The lowest BCUT2D eigenvalue weighted by molar-refractivity contribution is 0.477. The number of benzene rings is 2. The van der Waals surface area contributed by atoms with Crippen molar-refractivity contribution in [2.45, 2.75) is 0 Å². The number of rotatable bonds is 3. The van der Waals surface area contributed by atoms with Crippen LogP contribution in [0.25, 0.3) is 28.5 Å². The molecule has 6 heteroatoms. The van der Waals surface area contributed by atoms with Gasteiger partial charge in [-0.15, -0.1) is 5.10 Å². The largest absolute Gasteiger partial charge is 0.507 e. The van der Waals surface area contributed by atoms with Crippen molar-refractivity contribution in [1.29, 1.82) is 0 Å². The molecule has 2 aromatic heterocycles. The molecule has 2 heterocycles. The third-order valence-electron chi connectivity index (χ3n) is 3.62. The fourth-order valence-electron chi connectivity index (χ4n) is 2.47. The first kappa shape index (κ1) is 14.1. The van der Waals surface area contributed by atoms with E-state index in [1.807, 2.05) is 36.4 Å². The molecule has 0 unspecified atom stereocenters. The van der Waals surface area contributed by atoms with Gasteiger partial charge in [0.15, 0.2) is 11.6 Å². The van der Waals surface area contributed by atoms with E-state index in [0.29, 0.717) is 17.2 Å². The zero-order valence-corrected chi connectivity index (χ0v) is 12.6. The molecule has 0 aliphatic carbocycles. The number of aromatic hydroxyl groups is 1. The molecule has 4 rings (SSSR count). The minimum Gasteiger partial charge on any atom is -0.507 e. The van der Waals surface area contributed by atoms with Crippen molar-refractivity contribution in [3.63, 3.8) is 0 Å². The Labute approximate surface area is 138 Å². The van der Waals surface area contributed by atoms with Crippen molar-refractivity contribution >= 4 is 0 Å². The highest BCUT2D eigenvalue weighted by Gasteiger charge is 2.12. The van der Waals surface area contributed by atoms with Gasteiger partial charge in [-0.05, 0) is 12.1 Å². The third-order valence-corrected chi connectivity index (χ3v) is 3.62. The second kappa shape index (κ2) is 5.92. The molecule has 6 nitrogen and oxygen atoms in total. The van der Waals surface area contributed by atoms with Crippen LogP contribution in [0.2, 0.25) is 0 Å². The van der Waals surface area contributed by atoms with Crippen molar-refractivity contribution in [1.82, 2.24) is 25.0 Å². The lowest BCUT2D eigenvalue weighted by Crippen LogP contribution is -2.04. The predicted molar refractivity (Wildman–Crippen MR) is 89.5 cm³/mol. The monoisotopic (exact) mass is 315 g/mol. The molecule has 2 aromatic carbocycles. The molecule has 4 aromatic rings. The van der Waals surface area contributed by atoms with Gasteiger partial charge in [0.25, 0.3) is 0 Å². The Morgan fingerprint density at radius 3 is 2.50 bits per heavy atom. The molecular formula is C18H13N5O. The normalized spacial score (nSPS) is 10.7. The van der Waals surface area contributed by atoms with Crippen LogP contribution < -0.4 is 0 Å². The Hall–Kier alpha value is -3.54. The Morgan fingerprint density at radius 1 is 0.875 bits per heavy atom. The van der Waals surface area contributed by atoms with Gasteiger partial charge in [0.1, 0.15) is 5.75 Å². The smallest absolute Gasteiger partial charge is 0.165 e. The molecule has 0 aliphatic rings. The number of hydrogen-bond donors (Lipinski definition) is 1. The maximum Gasteiger partial charge on any atom is 0.165 e. The third kappa shape index (κ3) is 2.50. The molecule has 24 heavy (non-hydrogen) atoms. The van der Waals surface area contributed by atoms with E-state index in [1.165, 1.54) is 0 Å². The second-order valence-electron chi connectivity index (χ2n) is 5.15. The highest BCUT2D eigenvalue weighted by molar-refractivity contribution is 5.64. The van der Waals surface area contributed by atoms with E-state index in [2.05, 4.69) is 20.3 Å². The number of nitrogens with zero attached hydrogens (tertiary/aromatic N) is 5. The summed E-state index contributed by atoms with van der Waals surface area (Å²) in [5.41, 5.74) is 2.39.